The highest BCUT2D eigenvalue weighted by Gasteiger charge is 2.50. The van der Waals surface area contributed by atoms with Gasteiger partial charge in [-0.3, -0.25) is 0 Å². The molecule has 1 saturated carbocycles. The van der Waals surface area contributed by atoms with Crippen LogP contribution < -0.4 is 0 Å². The minimum absolute atomic E-state index is 0.335. The van der Waals surface area contributed by atoms with Crippen LogP contribution in [0, 0.1) is 5.92 Å². The zero-order valence-electron chi connectivity index (χ0n) is 10.6. The minimum atomic E-state index is -0.720. The second-order valence-corrected chi connectivity index (χ2v) is 5.37. The summed E-state index contributed by atoms with van der Waals surface area (Å²) in [6, 6.07) is 20.5. The van der Waals surface area contributed by atoms with Crippen molar-refractivity contribution in [3.05, 3.63) is 71.8 Å². The van der Waals surface area contributed by atoms with Crippen LogP contribution in [0.2, 0.25) is 0 Å². The molecule has 0 heterocycles. The highest BCUT2D eigenvalue weighted by atomic mass is 16.3. The van der Waals surface area contributed by atoms with Crippen molar-refractivity contribution in [3.63, 3.8) is 0 Å². The van der Waals surface area contributed by atoms with E-state index in [1.807, 2.05) is 43.3 Å². The molecule has 1 aliphatic carbocycles. The molecule has 3 atom stereocenters. The van der Waals surface area contributed by atoms with E-state index in [4.69, 9.17) is 0 Å². The lowest BCUT2D eigenvalue weighted by atomic mass is 9.89. The molecule has 92 valence electrons. The van der Waals surface area contributed by atoms with Crippen LogP contribution in [0.5, 0.6) is 0 Å². The molecule has 0 amide bonds. The second-order valence-electron chi connectivity index (χ2n) is 5.37. The lowest BCUT2D eigenvalue weighted by Gasteiger charge is -2.24. The summed E-state index contributed by atoms with van der Waals surface area (Å²) < 4.78 is 0. The van der Waals surface area contributed by atoms with Gasteiger partial charge in [-0.2, -0.15) is 0 Å². The molecular weight excluding hydrogens is 220 g/mol. The van der Waals surface area contributed by atoms with Crippen LogP contribution in [-0.4, -0.2) is 5.11 Å². The van der Waals surface area contributed by atoms with Crippen LogP contribution in [0.1, 0.15) is 30.4 Å². The van der Waals surface area contributed by atoms with E-state index in [9.17, 15) is 5.11 Å². The van der Waals surface area contributed by atoms with E-state index in [0.29, 0.717) is 11.8 Å². The van der Waals surface area contributed by atoms with Crippen molar-refractivity contribution in [3.8, 4) is 0 Å². The van der Waals surface area contributed by atoms with Gasteiger partial charge in [0.1, 0.15) is 0 Å². The minimum Gasteiger partial charge on any atom is -0.385 e. The molecule has 18 heavy (non-hydrogen) atoms. The molecule has 0 radical (unpaired) electrons. The first-order valence-corrected chi connectivity index (χ1v) is 6.52. The summed E-state index contributed by atoms with van der Waals surface area (Å²) in [5.41, 5.74) is 1.65. The number of rotatable bonds is 3. The van der Waals surface area contributed by atoms with Crippen molar-refractivity contribution in [1.82, 2.24) is 0 Å². The van der Waals surface area contributed by atoms with Gasteiger partial charge in [-0.25, -0.2) is 0 Å². The molecule has 0 aromatic heterocycles. The molecule has 1 nitrogen and oxygen atoms in total. The molecule has 0 saturated heterocycles. The van der Waals surface area contributed by atoms with Crippen molar-refractivity contribution in [2.75, 3.05) is 0 Å². The Morgan fingerprint density at radius 1 is 0.944 bits per heavy atom. The monoisotopic (exact) mass is 238 g/mol. The van der Waals surface area contributed by atoms with Gasteiger partial charge in [0.2, 0.25) is 0 Å². The van der Waals surface area contributed by atoms with Crippen molar-refractivity contribution < 1.29 is 5.11 Å². The van der Waals surface area contributed by atoms with Crippen molar-refractivity contribution in [1.29, 1.82) is 0 Å². The standard InChI is InChI=1S/C17H18O/c1-17(18,14-10-6-3-7-11-14)16-12-15(16)13-8-4-2-5-9-13/h2-11,15-16,18H,12H2,1H3/t15-,16-,17+/m1/s1. The highest BCUT2D eigenvalue weighted by Crippen LogP contribution is 2.56. The van der Waals surface area contributed by atoms with Crippen LogP contribution in [0.25, 0.3) is 0 Å². The molecular formula is C17H18O. The Labute approximate surface area is 108 Å². The van der Waals surface area contributed by atoms with Gasteiger partial charge in [0, 0.05) is 0 Å². The lowest BCUT2D eigenvalue weighted by Crippen LogP contribution is -2.24. The summed E-state index contributed by atoms with van der Waals surface area (Å²) in [4.78, 5) is 0. The smallest absolute Gasteiger partial charge is 0.0902 e. The van der Waals surface area contributed by atoms with Crippen LogP contribution in [0.4, 0.5) is 0 Å². The maximum absolute atomic E-state index is 10.8. The predicted molar refractivity (Wildman–Crippen MR) is 73.3 cm³/mol. The first kappa shape index (κ1) is 11.5. The second kappa shape index (κ2) is 4.25. The number of hydrogen-bond acceptors (Lipinski definition) is 1. The lowest BCUT2D eigenvalue weighted by molar-refractivity contribution is 0.0309. The molecule has 1 aliphatic rings. The SMILES string of the molecule is C[C@](O)(c1ccccc1)[C@@H]1C[C@@H]1c1ccccc1. The van der Waals surface area contributed by atoms with Crippen LogP contribution in [-0.2, 0) is 5.60 Å². The van der Waals surface area contributed by atoms with E-state index < -0.39 is 5.60 Å². The zero-order chi connectivity index (χ0) is 12.6. The van der Waals surface area contributed by atoms with Gasteiger partial charge in [-0.15, -0.1) is 0 Å². The third-order valence-electron chi connectivity index (χ3n) is 4.10. The van der Waals surface area contributed by atoms with Crippen molar-refractivity contribution in [2.45, 2.75) is 24.9 Å². The highest BCUT2D eigenvalue weighted by molar-refractivity contribution is 5.32. The van der Waals surface area contributed by atoms with Gasteiger partial charge in [0.15, 0.2) is 0 Å². The Bertz CT molecular complexity index is 516. The quantitative estimate of drug-likeness (QED) is 0.864. The van der Waals surface area contributed by atoms with E-state index in [1.54, 1.807) is 0 Å². The third kappa shape index (κ3) is 1.95. The molecule has 2 aromatic carbocycles. The Balaban J connectivity index is 1.82. The van der Waals surface area contributed by atoms with Crippen molar-refractivity contribution in [2.24, 2.45) is 5.92 Å². The first-order valence-electron chi connectivity index (χ1n) is 6.52. The summed E-state index contributed by atoms with van der Waals surface area (Å²) in [6.07, 6.45) is 1.08. The van der Waals surface area contributed by atoms with Gasteiger partial charge < -0.3 is 5.11 Å². The normalized spacial score (nSPS) is 25.4. The average Bonchev–Trinajstić information content (AvgIpc) is 3.22. The average molecular weight is 238 g/mol. The topological polar surface area (TPSA) is 20.2 Å². The van der Waals surface area contributed by atoms with E-state index >= 15 is 0 Å². The Morgan fingerprint density at radius 3 is 2.11 bits per heavy atom. The number of aliphatic hydroxyl groups is 1. The summed E-state index contributed by atoms with van der Waals surface area (Å²) in [5.74, 6) is 0.837. The fourth-order valence-corrected chi connectivity index (χ4v) is 2.87. The predicted octanol–water partition coefficient (Wildman–Crippen LogP) is 3.70. The number of benzene rings is 2. The van der Waals surface area contributed by atoms with E-state index in [1.165, 1.54) is 5.56 Å². The summed E-state index contributed by atoms with van der Waals surface area (Å²) >= 11 is 0. The zero-order valence-corrected chi connectivity index (χ0v) is 10.6. The summed E-state index contributed by atoms with van der Waals surface area (Å²) in [7, 11) is 0. The van der Waals surface area contributed by atoms with Gasteiger partial charge >= 0.3 is 0 Å². The van der Waals surface area contributed by atoms with Crippen molar-refractivity contribution >= 4 is 0 Å². The maximum Gasteiger partial charge on any atom is 0.0902 e. The van der Waals surface area contributed by atoms with Crippen LogP contribution in [0.15, 0.2) is 60.7 Å². The molecule has 2 aromatic rings. The summed E-state index contributed by atoms with van der Waals surface area (Å²) in [5, 5.41) is 10.8. The third-order valence-corrected chi connectivity index (χ3v) is 4.10. The molecule has 1 fully saturated rings. The molecule has 0 bridgehead atoms. The Hall–Kier alpha value is -1.60. The molecule has 0 spiro atoms. The Morgan fingerprint density at radius 2 is 1.50 bits per heavy atom. The molecule has 1 N–H and O–H groups in total. The van der Waals surface area contributed by atoms with Gasteiger partial charge in [-0.05, 0) is 36.3 Å². The fourth-order valence-electron chi connectivity index (χ4n) is 2.87. The molecule has 1 heteroatoms. The van der Waals surface area contributed by atoms with E-state index in [-0.39, 0.29) is 0 Å². The largest absolute Gasteiger partial charge is 0.385 e. The molecule has 3 rings (SSSR count). The van der Waals surface area contributed by atoms with Crippen LogP contribution in [0.3, 0.4) is 0 Å². The van der Waals surface area contributed by atoms with E-state index in [2.05, 4.69) is 24.3 Å². The first-order chi connectivity index (χ1) is 8.69. The van der Waals surface area contributed by atoms with Crippen LogP contribution >= 0.6 is 0 Å². The fraction of sp³-hybridized carbons (Fsp3) is 0.294. The van der Waals surface area contributed by atoms with E-state index in [0.717, 1.165) is 12.0 Å². The number of hydrogen-bond donors (Lipinski definition) is 1. The molecule has 0 aliphatic heterocycles. The van der Waals surface area contributed by atoms with Gasteiger partial charge in [-0.1, -0.05) is 60.7 Å². The Kier molecular flexibility index (Phi) is 2.71. The molecule has 0 unspecified atom stereocenters. The summed E-state index contributed by atoms with van der Waals surface area (Å²) in [6.45, 7) is 1.94. The van der Waals surface area contributed by atoms with Gasteiger partial charge in [0.05, 0.1) is 5.60 Å². The van der Waals surface area contributed by atoms with Gasteiger partial charge in [0.25, 0.3) is 0 Å². The maximum atomic E-state index is 10.8.